The molecule has 2 aromatic carbocycles. The third kappa shape index (κ3) is 3.86. The lowest BCUT2D eigenvalue weighted by molar-refractivity contribution is -0.145. The fourth-order valence-electron chi connectivity index (χ4n) is 5.25. The molecule has 3 atom stereocenters. The summed E-state index contributed by atoms with van der Waals surface area (Å²) in [5.41, 5.74) is 1.58. The van der Waals surface area contributed by atoms with E-state index in [2.05, 4.69) is 35.3 Å². The van der Waals surface area contributed by atoms with E-state index in [-0.39, 0.29) is 12.0 Å². The Labute approximate surface area is 195 Å². The fraction of sp³-hybridized carbons (Fsp3) is 0.241. The first kappa shape index (κ1) is 21.2. The number of carboxylic acids is 1. The SMILES string of the molecule is O=C(O)[C@]1(c2ccccc2)N=C(c2ccccc2)N(CC2=CC=CCC2)C1C1C=CC=CC1. The molecule has 5 rings (SSSR count). The van der Waals surface area contributed by atoms with Gasteiger partial charge in [0.25, 0.3) is 0 Å². The van der Waals surface area contributed by atoms with E-state index in [1.807, 2.05) is 72.8 Å². The molecule has 1 N–H and O–H groups in total. The van der Waals surface area contributed by atoms with Crippen LogP contribution in [0, 0.1) is 5.92 Å². The van der Waals surface area contributed by atoms with Gasteiger partial charge in [-0.15, -0.1) is 0 Å². The van der Waals surface area contributed by atoms with Crippen molar-refractivity contribution in [2.45, 2.75) is 30.8 Å². The number of carbonyl (C=O) groups is 1. The Morgan fingerprint density at radius 3 is 2.39 bits per heavy atom. The van der Waals surface area contributed by atoms with Crippen molar-refractivity contribution in [3.05, 3.63) is 120 Å². The van der Waals surface area contributed by atoms with Gasteiger partial charge in [0.1, 0.15) is 5.84 Å². The van der Waals surface area contributed by atoms with E-state index in [1.165, 1.54) is 5.57 Å². The Hall–Kier alpha value is -3.66. The van der Waals surface area contributed by atoms with E-state index >= 15 is 0 Å². The number of amidine groups is 1. The Balaban J connectivity index is 1.72. The molecule has 0 amide bonds. The molecule has 166 valence electrons. The van der Waals surface area contributed by atoms with Crippen LogP contribution in [0.25, 0.3) is 0 Å². The molecule has 4 heteroatoms. The quantitative estimate of drug-likeness (QED) is 0.650. The summed E-state index contributed by atoms with van der Waals surface area (Å²) in [6, 6.07) is 19.2. The van der Waals surface area contributed by atoms with Crippen LogP contribution >= 0.6 is 0 Å². The molecule has 0 saturated carbocycles. The van der Waals surface area contributed by atoms with E-state index in [0.29, 0.717) is 6.54 Å². The molecule has 0 spiro atoms. The fourth-order valence-corrected chi connectivity index (χ4v) is 5.25. The third-order valence-electron chi connectivity index (χ3n) is 6.78. The van der Waals surface area contributed by atoms with Gasteiger partial charge in [-0.05, 0) is 24.8 Å². The lowest BCUT2D eigenvalue weighted by atomic mass is 9.75. The van der Waals surface area contributed by atoms with Gasteiger partial charge in [0.2, 0.25) is 5.54 Å². The second-order valence-corrected chi connectivity index (χ2v) is 8.82. The van der Waals surface area contributed by atoms with E-state index < -0.39 is 11.5 Å². The highest BCUT2D eigenvalue weighted by Crippen LogP contribution is 2.45. The average molecular weight is 437 g/mol. The van der Waals surface area contributed by atoms with Crippen LogP contribution in [0.5, 0.6) is 0 Å². The number of allylic oxidation sites excluding steroid dienone is 6. The minimum Gasteiger partial charge on any atom is -0.479 e. The molecule has 2 aliphatic carbocycles. The van der Waals surface area contributed by atoms with E-state index in [0.717, 1.165) is 36.2 Å². The van der Waals surface area contributed by atoms with Gasteiger partial charge in [0, 0.05) is 18.0 Å². The van der Waals surface area contributed by atoms with Gasteiger partial charge in [-0.3, -0.25) is 0 Å². The van der Waals surface area contributed by atoms with Crippen molar-refractivity contribution >= 4 is 11.8 Å². The monoisotopic (exact) mass is 436 g/mol. The highest BCUT2D eigenvalue weighted by atomic mass is 16.4. The van der Waals surface area contributed by atoms with Crippen LogP contribution in [0.1, 0.15) is 30.4 Å². The van der Waals surface area contributed by atoms with E-state index in [4.69, 9.17) is 4.99 Å². The van der Waals surface area contributed by atoms with Crippen molar-refractivity contribution in [1.29, 1.82) is 0 Å². The average Bonchev–Trinajstić information content (AvgIpc) is 3.22. The minimum atomic E-state index is -1.39. The highest BCUT2D eigenvalue weighted by molar-refractivity contribution is 6.04. The summed E-state index contributed by atoms with van der Waals surface area (Å²) in [6.45, 7) is 0.665. The summed E-state index contributed by atoms with van der Waals surface area (Å²) in [7, 11) is 0. The standard InChI is InChI=1S/C29H28N2O2/c32-28(33)29(25-19-11-4-12-20-25)26(23-15-7-2-8-16-23)31(21-22-13-5-1-6-14-22)27(30-29)24-17-9-3-10-18-24/h1-5,7-13,15,17-20,23,26H,6,14,16,21H2,(H,32,33)/t23?,26?,29-/m1/s1. The van der Waals surface area contributed by atoms with Crippen LogP contribution < -0.4 is 0 Å². The summed E-state index contributed by atoms with van der Waals surface area (Å²) in [4.78, 5) is 20.6. The zero-order valence-electron chi connectivity index (χ0n) is 18.5. The largest absolute Gasteiger partial charge is 0.479 e. The first-order valence-electron chi connectivity index (χ1n) is 11.6. The number of hydrogen-bond donors (Lipinski definition) is 1. The van der Waals surface area contributed by atoms with Gasteiger partial charge in [-0.2, -0.15) is 0 Å². The maximum absolute atomic E-state index is 13.2. The maximum Gasteiger partial charge on any atom is 0.338 e. The number of carboxylic acid groups (broad SMARTS) is 1. The molecular formula is C29H28N2O2. The molecule has 0 saturated heterocycles. The van der Waals surface area contributed by atoms with Crippen molar-refractivity contribution in [3.8, 4) is 0 Å². The smallest absolute Gasteiger partial charge is 0.338 e. The van der Waals surface area contributed by atoms with Gasteiger partial charge in [-0.25, -0.2) is 9.79 Å². The van der Waals surface area contributed by atoms with E-state index in [1.54, 1.807) is 0 Å². The molecule has 33 heavy (non-hydrogen) atoms. The van der Waals surface area contributed by atoms with Gasteiger partial charge < -0.3 is 10.0 Å². The number of nitrogens with zero attached hydrogens (tertiary/aromatic N) is 2. The molecule has 2 aromatic rings. The number of benzene rings is 2. The van der Waals surface area contributed by atoms with Crippen molar-refractivity contribution < 1.29 is 9.90 Å². The van der Waals surface area contributed by atoms with Crippen molar-refractivity contribution in [2.75, 3.05) is 6.54 Å². The second-order valence-electron chi connectivity index (χ2n) is 8.82. The van der Waals surface area contributed by atoms with Crippen LogP contribution in [-0.2, 0) is 10.3 Å². The number of hydrogen-bond acceptors (Lipinski definition) is 3. The summed E-state index contributed by atoms with van der Waals surface area (Å²) in [6.07, 6.45) is 17.6. The molecule has 4 nitrogen and oxygen atoms in total. The molecule has 0 fully saturated rings. The van der Waals surface area contributed by atoms with Crippen molar-refractivity contribution in [2.24, 2.45) is 10.9 Å². The van der Waals surface area contributed by atoms with Gasteiger partial charge in [-0.1, -0.05) is 109 Å². The molecule has 1 aliphatic heterocycles. The van der Waals surface area contributed by atoms with Gasteiger partial charge in [0.15, 0.2) is 0 Å². The number of rotatable bonds is 6. The molecule has 1 heterocycles. The Morgan fingerprint density at radius 1 is 1.00 bits per heavy atom. The zero-order valence-corrected chi connectivity index (χ0v) is 18.5. The Bertz CT molecular complexity index is 1160. The van der Waals surface area contributed by atoms with Crippen LogP contribution in [0.15, 0.2) is 114 Å². The van der Waals surface area contributed by atoms with Gasteiger partial charge in [0.05, 0.1) is 6.04 Å². The van der Waals surface area contributed by atoms with E-state index in [9.17, 15) is 9.90 Å². The predicted molar refractivity (Wildman–Crippen MR) is 132 cm³/mol. The third-order valence-corrected chi connectivity index (χ3v) is 6.78. The minimum absolute atomic E-state index is 0.0241. The first-order valence-corrected chi connectivity index (χ1v) is 11.6. The first-order chi connectivity index (χ1) is 16.2. The topological polar surface area (TPSA) is 52.9 Å². The molecule has 0 radical (unpaired) electrons. The molecule has 2 unspecified atom stereocenters. The predicted octanol–water partition coefficient (Wildman–Crippen LogP) is 5.51. The van der Waals surface area contributed by atoms with Crippen molar-refractivity contribution in [3.63, 3.8) is 0 Å². The summed E-state index contributed by atoms with van der Waals surface area (Å²) >= 11 is 0. The Kier molecular flexibility index (Phi) is 5.82. The number of aliphatic imine (C=N–C) groups is 1. The Morgan fingerprint density at radius 2 is 1.76 bits per heavy atom. The van der Waals surface area contributed by atoms with Crippen LogP contribution in [0.4, 0.5) is 0 Å². The lowest BCUT2D eigenvalue weighted by Crippen LogP contribution is -2.54. The molecular weight excluding hydrogens is 408 g/mol. The summed E-state index contributed by atoms with van der Waals surface area (Å²) < 4.78 is 0. The second kappa shape index (κ2) is 9.07. The van der Waals surface area contributed by atoms with Crippen LogP contribution in [-0.4, -0.2) is 34.4 Å². The highest BCUT2D eigenvalue weighted by Gasteiger charge is 2.57. The van der Waals surface area contributed by atoms with Gasteiger partial charge >= 0.3 is 5.97 Å². The normalized spacial score (nSPS) is 26.2. The van der Waals surface area contributed by atoms with Crippen LogP contribution in [0.3, 0.4) is 0 Å². The number of aliphatic carboxylic acids is 1. The summed E-state index contributed by atoms with van der Waals surface area (Å²) in [5.74, 6) is -0.128. The molecule has 3 aliphatic rings. The zero-order chi connectivity index (χ0) is 22.7. The summed E-state index contributed by atoms with van der Waals surface area (Å²) in [5, 5.41) is 10.8. The van der Waals surface area contributed by atoms with Crippen LogP contribution in [0.2, 0.25) is 0 Å². The van der Waals surface area contributed by atoms with Crippen molar-refractivity contribution in [1.82, 2.24) is 4.90 Å². The lowest BCUT2D eigenvalue weighted by Gasteiger charge is -2.40. The molecule has 0 bridgehead atoms. The molecule has 0 aromatic heterocycles. The maximum atomic E-state index is 13.2.